The van der Waals surface area contributed by atoms with E-state index in [9.17, 15) is 4.79 Å². The van der Waals surface area contributed by atoms with Crippen LogP contribution in [0.2, 0.25) is 0 Å². The SMILES string of the molecule is Cc1[nH]ncc1CNC(=O)c1cnc2onc(C)c2c1. The van der Waals surface area contributed by atoms with Gasteiger partial charge in [-0.3, -0.25) is 9.89 Å². The number of carbonyl (C=O) groups excluding carboxylic acids is 1. The highest BCUT2D eigenvalue weighted by molar-refractivity contribution is 5.96. The first-order valence-electron chi connectivity index (χ1n) is 6.14. The highest BCUT2D eigenvalue weighted by Crippen LogP contribution is 2.16. The van der Waals surface area contributed by atoms with E-state index in [1.54, 1.807) is 12.3 Å². The average Bonchev–Trinajstić information content (AvgIpc) is 3.03. The molecule has 0 aliphatic carbocycles. The molecule has 3 aromatic heterocycles. The van der Waals surface area contributed by atoms with Gasteiger partial charge in [0.15, 0.2) is 0 Å². The molecule has 3 heterocycles. The topological polar surface area (TPSA) is 96.7 Å². The maximum atomic E-state index is 12.1. The Hall–Kier alpha value is -2.70. The van der Waals surface area contributed by atoms with E-state index in [0.29, 0.717) is 23.5 Å². The zero-order valence-corrected chi connectivity index (χ0v) is 11.1. The Balaban J connectivity index is 1.78. The van der Waals surface area contributed by atoms with Gasteiger partial charge in [-0.25, -0.2) is 4.98 Å². The Kier molecular flexibility index (Phi) is 2.94. The summed E-state index contributed by atoms with van der Waals surface area (Å²) in [7, 11) is 0. The number of hydrogen-bond acceptors (Lipinski definition) is 5. The second-order valence-corrected chi connectivity index (χ2v) is 4.55. The van der Waals surface area contributed by atoms with E-state index in [-0.39, 0.29) is 5.91 Å². The number of pyridine rings is 1. The van der Waals surface area contributed by atoms with Crippen molar-refractivity contribution in [3.8, 4) is 0 Å². The summed E-state index contributed by atoms with van der Waals surface area (Å²) in [6.45, 7) is 4.13. The van der Waals surface area contributed by atoms with Gasteiger partial charge in [0.05, 0.1) is 22.8 Å². The summed E-state index contributed by atoms with van der Waals surface area (Å²) in [4.78, 5) is 16.2. The molecule has 0 spiro atoms. The van der Waals surface area contributed by atoms with Crippen molar-refractivity contribution in [1.29, 1.82) is 0 Å². The molecule has 0 radical (unpaired) electrons. The first-order chi connectivity index (χ1) is 9.65. The summed E-state index contributed by atoms with van der Waals surface area (Å²) in [5.41, 5.74) is 3.52. The van der Waals surface area contributed by atoms with Crippen molar-refractivity contribution >= 4 is 17.0 Å². The summed E-state index contributed by atoms with van der Waals surface area (Å²) in [5.74, 6) is -0.194. The maximum absolute atomic E-state index is 12.1. The number of amides is 1. The van der Waals surface area contributed by atoms with Crippen molar-refractivity contribution in [2.24, 2.45) is 0 Å². The zero-order chi connectivity index (χ0) is 14.1. The minimum Gasteiger partial charge on any atom is -0.348 e. The van der Waals surface area contributed by atoms with E-state index in [0.717, 1.165) is 16.6 Å². The summed E-state index contributed by atoms with van der Waals surface area (Å²) >= 11 is 0. The molecule has 102 valence electrons. The van der Waals surface area contributed by atoms with Gasteiger partial charge in [-0.1, -0.05) is 5.16 Å². The van der Waals surface area contributed by atoms with Crippen molar-refractivity contribution in [1.82, 2.24) is 25.7 Å². The fourth-order valence-corrected chi connectivity index (χ4v) is 1.90. The number of aryl methyl sites for hydroxylation is 2. The molecule has 0 saturated carbocycles. The maximum Gasteiger partial charge on any atom is 0.257 e. The number of nitrogens with zero attached hydrogens (tertiary/aromatic N) is 3. The smallest absolute Gasteiger partial charge is 0.257 e. The van der Waals surface area contributed by atoms with E-state index in [4.69, 9.17) is 4.52 Å². The van der Waals surface area contributed by atoms with Crippen LogP contribution in [-0.4, -0.2) is 26.2 Å². The number of nitrogens with one attached hydrogen (secondary N) is 2. The second-order valence-electron chi connectivity index (χ2n) is 4.55. The molecule has 0 fully saturated rings. The minimum absolute atomic E-state index is 0.194. The summed E-state index contributed by atoms with van der Waals surface area (Å²) in [6, 6.07) is 1.73. The molecular formula is C13H13N5O2. The van der Waals surface area contributed by atoms with Crippen LogP contribution in [0.4, 0.5) is 0 Å². The van der Waals surface area contributed by atoms with Crippen LogP contribution in [0, 0.1) is 13.8 Å². The lowest BCUT2D eigenvalue weighted by Gasteiger charge is -2.04. The Morgan fingerprint density at radius 2 is 2.25 bits per heavy atom. The highest BCUT2D eigenvalue weighted by atomic mass is 16.5. The van der Waals surface area contributed by atoms with E-state index in [1.807, 2.05) is 13.8 Å². The third-order valence-corrected chi connectivity index (χ3v) is 3.15. The molecule has 20 heavy (non-hydrogen) atoms. The number of H-pyrrole nitrogens is 1. The fraction of sp³-hybridized carbons (Fsp3) is 0.231. The molecule has 0 aromatic carbocycles. The Morgan fingerprint density at radius 1 is 1.40 bits per heavy atom. The minimum atomic E-state index is -0.194. The number of hydrogen-bond donors (Lipinski definition) is 2. The molecule has 0 unspecified atom stereocenters. The molecule has 1 amide bonds. The van der Waals surface area contributed by atoms with Crippen LogP contribution in [0.5, 0.6) is 0 Å². The monoisotopic (exact) mass is 271 g/mol. The normalized spacial score (nSPS) is 10.9. The zero-order valence-electron chi connectivity index (χ0n) is 11.1. The number of aromatic nitrogens is 4. The Bertz CT molecular complexity index is 774. The van der Waals surface area contributed by atoms with Crippen LogP contribution >= 0.6 is 0 Å². The van der Waals surface area contributed by atoms with Crippen molar-refractivity contribution in [3.05, 3.63) is 41.0 Å². The van der Waals surface area contributed by atoms with Crippen LogP contribution in [0.1, 0.15) is 27.3 Å². The standard InChI is InChI=1S/C13H13N5O2/c1-7-10(6-16-17-7)5-14-12(19)9-3-11-8(2)18-20-13(11)15-4-9/h3-4,6H,5H2,1-2H3,(H,14,19)(H,16,17). The van der Waals surface area contributed by atoms with Gasteiger partial charge in [0.1, 0.15) is 0 Å². The van der Waals surface area contributed by atoms with Gasteiger partial charge in [-0.2, -0.15) is 5.10 Å². The molecule has 2 N–H and O–H groups in total. The third-order valence-electron chi connectivity index (χ3n) is 3.15. The third kappa shape index (κ3) is 2.13. The van der Waals surface area contributed by atoms with Crippen molar-refractivity contribution in [2.75, 3.05) is 0 Å². The predicted octanol–water partition coefficient (Wildman–Crippen LogP) is 1.49. The van der Waals surface area contributed by atoms with E-state index < -0.39 is 0 Å². The quantitative estimate of drug-likeness (QED) is 0.752. The summed E-state index contributed by atoms with van der Waals surface area (Å²) in [6.07, 6.45) is 3.17. The fourth-order valence-electron chi connectivity index (χ4n) is 1.90. The number of aromatic amines is 1. The van der Waals surface area contributed by atoms with Crippen molar-refractivity contribution < 1.29 is 9.32 Å². The molecule has 7 heteroatoms. The van der Waals surface area contributed by atoms with Crippen molar-refractivity contribution in [2.45, 2.75) is 20.4 Å². The van der Waals surface area contributed by atoms with Crippen LogP contribution < -0.4 is 5.32 Å². The van der Waals surface area contributed by atoms with Gasteiger partial charge in [-0.15, -0.1) is 0 Å². The van der Waals surface area contributed by atoms with Gasteiger partial charge >= 0.3 is 0 Å². The first-order valence-corrected chi connectivity index (χ1v) is 6.14. The molecular weight excluding hydrogens is 258 g/mol. The molecule has 7 nitrogen and oxygen atoms in total. The molecule has 3 rings (SSSR count). The Labute approximate surface area is 114 Å². The molecule has 3 aromatic rings. The second kappa shape index (κ2) is 4.76. The first kappa shape index (κ1) is 12.3. The lowest BCUT2D eigenvalue weighted by atomic mass is 10.2. The van der Waals surface area contributed by atoms with Crippen LogP contribution in [0.3, 0.4) is 0 Å². The molecule has 0 aliphatic heterocycles. The van der Waals surface area contributed by atoms with Crippen LogP contribution in [0.15, 0.2) is 23.0 Å². The molecule has 0 atom stereocenters. The average molecular weight is 271 g/mol. The van der Waals surface area contributed by atoms with E-state index in [2.05, 4.69) is 25.7 Å². The largest absolute Gasteiger partial charge is 0.348 e. The summed E-state index contributed by atoms with van der Waals surface area (Å²) < 4.78 is 5.01. The molecule has 0 bridgehead atoms. The number of fused-ring (bicyclic) bond motifs is 1. The van der Waals surface area contributed by atoms with E-state index >= 15 is 0 Å². The Morgan fingerprint density at radius 3 is 3.00 bits per heavy atom. The van der Waals surface area contributed by atoms with Crippen molar-refractivity contribution in [3.63, 3.8) is 0 Å². The van der Waals surface area contributed by atoms with Gasteiger partial charge in [0.2, 0.25) is 0 Å². The van der Waals surface area contributed by atoms with Gasteiger partial charge in [-0.05, 0) is 19.9 Å². The molecule has 0 aliphatic rings. The van der Waals surface area contributed by atoms with Crippen LogP contribution in [-0.2, 0) is 6.54 Å². The van der Waals surface area contributed by atoms with Gasteiger partial charge < -0.3 is 9.84 Å². The van der Waals surface area contributed by atoms with E-state index in [1.165, 1.54) is 6.20 Å². The van der Waals surface area contributed by atoms with Gasteiger partial charge in [0, 0.05) is 24.0 Å². The predicted molar refractivity (Wildman–Crippen MR) is 71.0 cm³/mol. The molecule has 0 saturated heterocycles. The van der Waals surface area contributed by atoms with Gasteiger partial charge in [0.25, 0.3) is 11.6 Å². The number of carbonyl (C=O) groups is 1. The highest BCUT2D eigenvalue weighted by Gasteiger charge is 2.12. The summed E-state index contributed by atoms with van der Waals surface area (Å²) in [5, 5.41) is 14.1. The van der Waals surface area contributed by atoms with Crippen LogP contribution in [0.25, 0.3) is 11.1 Å². The lowest BCUT2D eigenvalue weighted by molar-refractivity contribution is 0.0950. The lowest BCUT2D eigenvalue weighted by Crippen LogP contribution is -2.23. The number of rotatable bonds is 3.